The van der Waals surface area contributed by atoms with Crippen molar-refractivity contribution in [3.8, 4) is 11.4 Å². The van der Waals surface area contributed by atoms with E-state index in [0.717, 1.165) is 22.1 Å². The number of amides is 6. The van der Waals surface area contributed by atoms with Crippen molar-refractivity contribution in [2.75, 3.05) is 26.2 Å². The molecule has 19 nitrogen and oxygen atoms in total. The number of alkyl carbamates (subject to hydrolysis) is 1. The fourth-order valence-corrected chi connectivity index (χ4v) is 9.31. The highest BCUT2D eigenvalue weighted by Gasteiger charge is 2.46. The summed E-state index contributed by atoms with van der Waals surface area (Å²) >= 11 is 0. The number of rotatable bonds is 19. The van der Waals surface area contributed by atoms with Crippen LogP contribution in [0.15, 0.2) is 47.3 Å². The van der Waals surface area contributed by atoms with E-state index in [0.29, 0.717) is 66.6 Å². The average molecular weight is 981 g/mol. The van der Waals surface area contributed by atoms with Gasteiger partial charge < -0.3 is 51.0 Å². The molecule has 378 valence electrons. The minimum atomic E-state index is -2.01. The van der Waals surface area contributed by atoms with Gasteiger partial charge in [0, 0.05) is 35.5 Å². The molecule has 4 aromatic rings. The number of aliphatic hydroxyl groups is 1. The number of benzene rings is 2. The van der Waals surface area contributed by atoms with Crippen LogP contribution in [0.3, 0.4) is 0 Å². The summed E-state index contributed by atoms with van der Waals surface area (Å²) < 4.78 is 27.2. The van der Waals surface area contributed by atoms with Crippen molar-refractivity contribution in [1.29, 1.82) is 0 Å². The Morgan fingerprint density at radius 3 is 2.37 bits per heavy atom. The molecule has 4 heterocycles. The zero-order chi connectivity index (χ0) is 51.2. The summed E-state index contributed by atoms with van der Waals surface area (Å²) in [4.78, 5) is 108. The standard InChI is InChI=1S/C51H61FN8O11/c1-6-51(69)33-21-38-45-31(26-60(38)47(66)32(33)27-70-48(51)67)44-35(19-17-30-28(2)34(52)22-37(59-45)43(30)44)57-39(61)15-11-8-12-20-53-40(62)23-55-46(65)36(18-16-29-13-9-7-10-14-29)58-42(64)25-54-41(63)24-56-49(68)71-50(3,4)5/h7,9-10,13-14,21-22,35-36,69H,6,8,11-12,15-20,23-27H2,1-5H3,(H,53,62)(H,54,63)(H,55,65)(H,56,68)(H,57,61)(H,58,64)/t35-,36-,51-/m0/s1. The summed E-state index contributed by atoms with van der Waals surface area (Å²) in [6.45, 7) is 7.24. The molecule has 3 aliphatic rings. The molecule has 2 aromatic heterocycles. The number of carbonyl (C=O) groups is 7. The number of cyclic esters (lactones) is 1. The lowest BCUT2D eigenvalue weighted by Crippen LogP contribution is -2.51. The summed E-state index contributed by atoms with van der Waals surface area (Å²) in [5.74, 6) is -3.81. The van der Waals surface area contributed by atoms with Gasteiger partial charge in [0.05, 0.1) is 48.1 Å². The molecule has 20 heteroatoms. The van der Waals surface area contributed by atoms with Crippen LogP contribution in [0.4, 0.5) is 9.18 Å². The maximum atomic E-state index is 15.3. The monoisotopic (exact) mass is 980 g/mol. The highest BCUT2D eigenvalue weighted by molar-refractivity contribution is 5.95. The molecule has 0 saturated heterocycles. The van der Waals surface area contributed by atoms with Gasteiger partial charge in [-0.25, -0.2) is 19.0 Å². The van der Waals surface area contributed by atoms with Crippen molar-refractivity contribution < 1.29 is 52.5 Å². The SMILES string of the molecule is CC[C@@]1(O)C(=O)OCc2c1cc1n(c2=O)Cc2c-1nc1cc(F)c(C)c3c1c2[C@@H](NC(=O)CCCCCNC(=O)CNC(=O)[C@H](CCc1ccccc1)NC(=O)CNC(=O)CNC(=O)OC(C)(C)C)CC3. The first kappa shape index (κ1) is 51.6. The summed E-state index contributed by atoms with van der Waals surface area (Å²) in [6, 6.07) is 10.8. The molecule has 3 atom stereocenters. The molecular weight excluding hydrogens is 920 g/mol. The van der Waals surface area contributed by atoms with Crippen molar-refractivity contribution >= 4 is 52.5 Å². The molecule has 1 aliphatic carbocycles. The van der Waals surface area contributed by atoms with E-state index in [1.54, 1.807) is 40.7 Å². The molecule has 7 rings (SSSR count). The number of unbranched alkanes of at least 4 members (excludes halogenated alkanes) is 2. The van der Waals surface area contributed by atoms with Crippen molar-refractivity contribution in [3.05, 3.63) is 97.6 Å². The first-order chi connectivity index (χ1) is 33.8. The second-order valence-corrected chi connectivity index (χ2v) is 19.1. The molecular formula is C51H61FN8O11. The van der Waals surface area contributed by atoms with Crippen LogP contribution in [0.2, 0.25) is 0 Å². The number of nitrogens with one attached hydrogen (secondary N) is 6. The van der Waals surface area contributed by atoms with Crippen molar-refractivity contribution in [1.82, 2.24) is 41.5 Å². The second kappa shape index (κ2) is 21.8. The topological polar surface area (TPSA) is 265 Å². The first-order valence-electron chi connectivity index (χ1n) is 24.0. The third kappa shape index (κ3) is 11.9. The van der Waals surface area contributed by atoms with Gasteiger partial charge in [-0.05, 0) is 101 Å². The predicted molar refractivity (Wildman–Crippen MR) is 257 cm³/mol. The number of aromatic nitrogens is 2. The van der Waals surface area contributed by atoms with Gasteiger partial charge in [-0.1, -0.05) is 43.7 Å². The van der Waals surface area contributed by atoms with E-state index in [1.807, 2.05) is 30.3 Å². The van der Waals surface area contributed by atoms with E-state index >= 15 is 4.39 Å². The number of carbonyl (C=O) groups excluding carboxylic acids is 7. The molecule has 0 bridgehead atoms. The van der Waals surface area contributed by atoms with Gasteiger partial charge in [0.2, 0.25) is 29.5 Å². The largest absolute Gasteiger partial charge is 0.458 e. The highest BCUT2D eigenvalue weighted by atomic mass is 19.1. The third-order valence-corrected chi connectivity index (χ3v) is 13.0. The van der Waals surface area contributed by atoms with Crippen molar-refractivity contribution in [2.24, 2.45) is 0 Å². The Bertz CT molecular complexity index is 2830. The number of esters is 1. The Morgan fingerprint density at radius 1 is 0.915 bits per heavy atom. The van der Waals surface area contributed by atoms with Crippen LogP contribution in [0.25, 0.3) is 22.3 Å². The molecule has 0 spiro atoms. The Kier molecular flexibility index (Phi) is 15.9. The molecule has 0 radical (unpaired) electrons. The Balaban J connectivity index is 0.896. The van der Waals surface area contributed by atoms with E-state index in [9.17, 15) is 43.5 Å². The number of hydrogen-bond donors (Lipinski definition) is 7. The van der Waals surface area contributed by atoms with Crippen molar-refractivity contribution in [3.63, 3.8) is 0 Å². The minimum absolute atomic E-state index is 0.0183. The molecule has 7 N–H and O–H groups in total. The van der Waals surface area contributed by atoms with E-state index < -0.39 is 83.4 Å². The minimum Gasteiger partial charge on any atom is -0.458 e. The van der Waals surface area contributed by atoms with E-state index in [4.69, 9.17) is 14.5 Å². The Morgan fingerprint density at radius 2 is 1.63 bits per heavy atom. The summed E-state index contributed by atoms with van der Waals surface area (Å²) in [6.07, 6.45) is 2.63. The molecule has 6 amide bonds. The van der Waals surface area contributed by atoms with Crippen LogP contribution in [0.1, 0.15) is 118 Å². The Labute approximate surface area is 409 Å². The smallest absolute Gasteiger partial charge is 0.408 e. The molecule has 2 aliphatic heterocycles. The van der Waals surface area contributed by atoms with Gasteiger partial charge in [0.1, 0.15) is 30.6 Å². The number of pyridine rings is 2. The number of halogens is 1. The summed E-state index contributed by atoms with van der Waals surface area (Å²) in [5.41, 5.74) is 2.00. The molecule has 0 fully saturated rings. The van der Waals surface area contributed by atoms with Gasteiger partial charge in [-0.2, -0.15) is 0 Å². The number of aryl methyl sites for hydroxylation is 2. The van der Waals surface area contributed by atoms with Crippen LogP contribution in [-0.4, -0.2) is 94.1 Å². The maximum Gasteiger partial charge on any atom is 0.408 e. The van der Waals surface area contributed by atoms with Gasteiger partial charge in [0.15, 0.2) is 5.60 Å². The van der Waals surface area contributed by atoms with E-state index in [1.165, 1.54) is 10.6 Å². The van der Waals surface area contributed by atoms with Gasteiger partial charge in [-0.3, -0.25) is 28.8 Å². The fourth-order valence-electron chi connectivity index (χ4n) is 9.31. The van der Waals surface area contributed by atoms with Crippen LogP contribution in [0, 0.1) is 12.7 Å². The molecule has 2 aromatic carbocycles. The lowest BCUT2D eigenvalue weighted by Gasteiger charge is -2.31. The lowest BCUT2D eigenvalue weighted by molar-refractivity contribution is -0.172. The quantitative estimate of drug-likeness (QED) is 0.0465. The number of fused-ring (bicyclic) bond motifs is 5. The molecule has 0 unspecified atom stereocenters. The van der Waals surface area contributed by atoms with E-state index in [-0.39, 0.29) is 62.5 Å². The second-order valence-electron chi connectivity index (χ2n) is 19.1. The van der Waals surface area contributed by atoms with Crippen LogP contribution < -0.4 is 37.5 Å². The third-order valence-electron chi connectivity index (χ3n) is 13.0. The van der Waals surface area contributed by atoms with Crippen LogP contribution >= 0.6 is 0 Å². The molecule has 0 saturated carbocycles. The fraction of sp³-hybridized carbons (Fsp3) is 0.471. The van der Waals surface area contributed by atoms with E-state index in [2.05, 4.69) is 31.9 Å². The number of hydrogen-bond acceptors (Lipinski definition) is 12. The van der Waals surface area contributed by atoms with Gasteiger partial charge in [-0.15, -0.1) is 0 Å². The van der Waals surface area contributed by atoms with Crippen LogP contribution in [0.5, 0.6) is 0 Å². The number of ether oxygens (including phenoxy) is 2. The maximum absolute atomic E-state index is 15.3. The predicted octanol–water partition coefficient (Wildman–Crippen LogP) is 3.18. The Hall–Kier alpha value is -7.22. The zero-order valence-corrected chi connectivity index (χ0v) is 40.6. The lowest BCUT2D eigenvalue weighted by atomic mass is 9.81. The highest BCUT2D eigenvalue weighted by Crippen LogP contribution is 2.46. The normalized spacial score (nSPS) is 16.9. The first-order valence-corrected chi connectivity index (χ1v) is 24.0. The summed E-state index contributed by atoms with van der Waals surface area (Å²) in [5, 5.41) is 27.9. The van der Waals surface area contributed by atoms with Gasteiger partial charge in [0.25, 0.3) is 5.56 Å². The van der Waals surface area contributed by atoms with Crippen LogP contribution in [-0.2, 0) is 69.8 Å². The van der Waals surface area contributed by atoms with Crippen molar-refractivity contribution in [2.45, 2.75) is 129 Å². The van der Waals surface area contributed by atoms with Gasteiger partial charge >= 0.3 is 12.1 Å². The zero-order valence-electron chi connectivity index (χ0n) is 40.6. The average Bonchev–Trinajstić information content (AvgIpc) is 3.70. The molecule has 71 heavy (non-hydrogen) atoms. The summed E-state index contributed by atoms with van der Waals surface area (Å²) in [7, 11) is 0. The number of nitrogens with zero attached hydrogens (tertiary/aromatic N) is 2.